The summed E-state index contributed by atoms with van der Waals surface area (Å²) in [7, 11) is 0. The average molecular weight is 279 g/mol. The van der Waals surface area contributed by atoms with Crippen LogP contribution in [0.25, 0.3) is 0 Å². The maximum absolute atomic E-state index is 8.49. The van der Waals surface area contributed by atoms with Gasteiger partial charge in [-0.1, -0.05) is 19.0 Å². The topological polar surface area (TPSA) is 62.7 Å². The third kappa shape index (κ3) is 3.97. The molecule has 0 N–H and O–H groups in total. The van der Waals surface area contributed by atoms with Crippen molar-refractivity contribution in [3.05, 3.63) is 11.7 Å². The van der Waals surface area contributed by atoms with Gasteiger partial charge in [0.15, 0.2) is 5.82 Å². The summed E-state index contributed by atoms with van der Waals surface area (Å²) < 4.78 is 5.25. The maximum Gasteiger partial charge on any atom is 0.236 e. The van der Waals surface area contributed by atoms with Crippen molar-refractivity contribution in [3.8, 4) is 6.07 Å². The molecule has 4 nitrogen and oxygen atoms in total. The Balaban J connectivity index is 1.85. The van der Waals surface area contributed by atoms with E-state index in [2.05, 4.69) is 30.1 Å². The molecule has 5 heteroatoms. The predicted octanol–water partition coefficient (Wildman–Crippen LogP) is 3.76. The van der Waals surface area contributed by atoms with Gasteiger partial charge in [-0.25, -0.2) is 0 Å². The van der Waals surface area contributed by atoms with Crippen molar-refractivity contribution in [2.45, 2.75) is 51.2 Å². The molecule has 0 radical (unpaired) electrons. The summed E-state index contributed by atoms with van der Waals surface area (Å²) in [4.78, 5) is 4.47. The average Bonchev–Trinajstić information content (AvgIpc) is 2.88. The van der Waals surface area contributed by atoms with Crippen molar-refractivity contribution in [2.75, 3.05) is 5.75 Å². The van der Waals surface area contributed by atoms with Gasteiger partial charge in [0.25, 0.3) is 0 Å². The van der Waals surface area contributed by atoms with Crippen molar-refractivity contribution in [1.82, 2.24) is 10.1 Å². The fourth-order valence-electron chi connectivity index (χ4n) is 2.72. The lowest BCUT2D eigenvalue weighted by atomic mass is 9.77. The van der Waals surface area contributed by atoms with Crippen LogP contribution in [0.3, 0.4) is 0 Å². The van der Waals surface area contributed by atoms with E-state index in [-0.39, 0.29) is 0 Å². The molecule has 19 heavy (non-hydrogen) atoms. The number of aromatic nitrogens is 2. The maximum atomic E-state index is 8.49. The van der Waals surface area contributed by atoms with E-state index in [0.29, 0.717) is 23.3 Å². The molecular formula is C14H21N3OS. The molecule has 2 rings (SSSR count). The van der Waals surface area contributed by atoms with Gasteiger partial charge in [0.1, 0.15) is 0 Å². The first-order chi connectivity index (χ1) is 9.20. The molecule has 0 aromatic carbocycles. The van der Waals surface area contributed by atoms with E-state index < -0.39 is 0 Å². The van der Waals surface area contributed by atoms with Crippen LogP contribution in [0.5, 0.6) is 0 Å². The van der Waals surface area contributed by atoms with E-state index in [1.807, 2.05) is 0 Å². The molecule has 1 aliphatic carbocycles. The molecule has 104 valence electrons. The molecule has 1 aromatic rings. The third-order valence-corrected chi connectivity index (χ3v) is 4.74. The Hall–Kier alpha value is -1.02. The highest BCUT2D eigenvalue weighted by molar-refractivity contribution is 7.98. The molecule has 0 spiro atoms. The van der Waals surface area contributed by atoms with E-state index in [4.69, 9.17) is 9.78 Å². The number of nitriles is 1. The molecular weight excluding hydrogens is 258 g/mol. The Morgan fingerprint density at radius 2 is 2.11 bits per heavy atom. The first-order valence-corrected chi connectivity index (χ1v) is 8.13. The minimum atomic E-state index is 0.466. The van der Waals surface area contributed by atoms with Crippen molar-refractivity contribution in [1.29, 1.82) is 5.26 Å². The highest BCUT2D eigenvalue weighted by Crippen LogP contribution is 2.37. The molecule has 1 heterocycles. The largest absolute Gasteiger partial charge is 0.338 e. The van der Waals surface area contributed by atoms with Crippen LogP contribution in [0.1, 0.15) is 57.2 Å². The number of hydrogen-bond donors (Lipinski definition) is 0. The summed E-state index contributed by atoms with van der Waals surface area (Å²) >= 11 is 1.51. The van der Waals surface area contributed by atoms with Crippen molar-refractivity contribution < 1.29 is 4.52 Å². The molecule has 0 aliphatic heterocycles. The molecule has 1 aromatic heterocycles. The smallest absolute Gasteiger partial charge is 0.236 e. The lowest BCUT2D eigenvalue weighted by Crippen LogP contribution is -2.18. The Bertz CT molecular complexity index is 430. The molecule has 0 atom stereocenters. The molecule has 0 amide bonds. The van der Waals surface area contributed by atoms with Crippen LogP contribution in [0.15, 0.2) is 4.52 Å². The lowest BCUT2D eigenvalue weighted by molar-refractivity contribution is 0.251. The fraction of sp³-hybridized carbons (Fsp3) is 0.786. The second-order valence-corrected chi connectivity index (χ2v) is 6.54. The summed E-state index contributed by atoms with van der Waals surface area (Å²) in [6.07, 6.45) is 4.89. The summed E-state index contributed by atoms with van der Waals surface area (Å²) in [6.45, 7) is 4.62. The Morgan fingerprint density at radius 3 is 2.74 bits per heavy atom. The summed E-state index contributed by atoms with van der Waals surface area (Å²) in [6, 6.07) is 2.10. The SMILES string of the molecule is CC(C)C1CCC(c2noc(CSCC#N)n2)CC1. The minimum absolute atomic E-state index is 0.466. The van der Waals surface area contributed by atoms with Crippen LogP contribution in [0, 0.1) is 23.2 Å². The lowest BCUT2D eigenvalue weighted by Gasteiger charge is -2.29. The molecule has 1 fully saturated rings. The Kier molecular flexibility index (Phi) is 5.26. The molecule has 1 aliphatic rings. The van der Waals surface area contributed by atoms with E-state index in [9.17, 15) is 0 Å². The quantitative estimate of drug-likeness (QED) is 0.768. The summed E-state index contributed by atoms with van der Waals surface area (Å²) in [5.41, 5.74) is 0. The Labute approximate surface area is 119 Å². The summed E-state index contributed by atoms with van der Waals surface area (Å²) in [5, 5.41) is 12.6. The van der Waals surface area contributed by atoms with Gasteiger partial charge in [0, 0.05) is 5.92 Å². The number of nitrogens with zero attached hydrogens (tertiary/aromatic N) is 3. The Morgan fingerprint density at radius 1 is 1.37 bits per heavy atom. The molecule has 0 bridgehead atoms. The first-order valence-electron chi connectivity index (χ1n) is 6.98. The standard InChI is InChI=1S/C14H21N3OS/c1-10(2)11-3-5-12(6-4-11)14-16-13(18-17-14)9-19-8-7-15/h10-12H,3-6,8-9H2,1-2H3. The van der Waals surface area contributed by atoms with Gasteiger partial charge >= 0.3 is 0 Å². The second kappa shape index (κ2) is 6.95. The van der Waals surface area contributed by atoms with Gasteiger partial charge < -0.3 is 4.52 Å². The third-order valence-electron chi connectivity index (χ3n) is 3.96. The van der Waals surface area contributed by atoms with Crippen LogP contribution >= 0.6 is 11.8 Å². The zero-order chi connectivity index (χ0) is 13.7. The highest BCUT2D eigenvalue weighted by atomic mass is 32.2. The summed E-state index contributed by atoms with van der Waals surface area (Å²) in [5.74, 6) is 4.74. The zero-order valence-corrected chi connectivity index (χ0v) is 12.4. The van der Waals surface area contributed by atoms with Gasteiger partial charge in [-0.2, -0.15) is 10.2 Å². The zero-order valence-electron chi connectivity index (χ0n) is 11.6. The van der Waals surface area contributed by atoms with Gasteiger partial charge in [-0.15, -0.1) is 11.8 Å². The van der Waals surface area contributed by atoms with Gasteiger partial charge in [0.2, 0.25) is 5.89 Å². The van der Waals surface area contributed by atoms with E-state index in [1.54, 1.807) is 0 Å². The molecule has 0 unspecified atom stereocenters. The monoisotopic (exact) mass is 279 g/mol. The molecule has 0 saturated heterocycles. The van der Waals surface area contributed by atoms with Crippen LogP contribution < -0.4 is 0 Å². The number of rotatable bonds is 5. The number of thioether (sulfide) groups is 1. The van der Waals surface area contributed by atoms with Crippen molar-refractivity contribution in [2.24, 2.45) is 11.8 Å². The van der Waals surface area contributed by atoms with E-state index in [1.165, 1.54) is 37.4 Å². The molecule has 1 saturated carbocycles. The predicted molar refractivity (Wildman–Crippen MR) is 75.6 cm³/mol. The van der Waals surface area contributed by atoms with Gasteiger partial charge in [-0.3, -0.25) is 0 Å². The first kappa shape index (κ1) is 14.4. The normalized spacial score (nSPS) is 23.5. The van der Waals surface area contributed by atoms with Gasteiger partial charge in [0.05, 0.1) is 17.6 Å². The fourth-order valence-corrected chi connectivity index (χ4v) is 3.21. The second-order valence-electron chi connectivity index (χ2n) is 5.55. The van der Waals surface area contributed by atoms with Crippen LogP contribution in [0.2, 0.25) is 0 Å². The van der Waals surface area contributed by atoms with Crippen LogP contribution in [0.4, 0.5) is 0 Å². The van der Waals surface area contributed by atoms with E-state index in [0.717, 1.165) is 17.7 Å². The van der Waals surface area contributed by atoms with Crippen molar-refractivity contribution in [3.63, 3.8) is 0 Å². The number of hydrogen-bond acceptors (Lipinski definition) is 5. The van der Waals surface area contributed by atoms with Crippen LogP contribution in [-0.2, 0) is 5.75 Å². The van der Waals surface area contributed by atoms with E-state index >= 15 is 0 Å². The van der Waals surface area contributed by atoms with Gasteiger partial charge in [-0.05, 0) is 37.5 Å². The minimum Gasteiger partial charge on any atom is -0.338 e. The van der Waals surface area contributed by atoms with Crippen LogP contribution in [-0.4, -0.2) is 15.9 Å². The van der Waals surface area contributed by atoms with Crippen molar-refractivity contribution >= 4 is 11.8 Å². The highest BCUT2D eigenvalue weighted by Gasteiger charge is 2.27.